The van der Waals surface area contributed by atoms with Crippen molar-refractivity contribution in [2.75, 3.05) is 26.2 Å². The monoisotopic (exact) mass is 292 g/mol. The van der Waals surface area contributed by atoms with E-state index in [9.17, 15) is 0 Å². The Morgan fingerprint density at radius 3 is 2.41 bits per heavy atom. The number of aromatic nitrogens is 1. The number of pyridine rings is 1. The maximum Gasteiger partial charge on any atom is 0.0991 e. The number of hydrogen-bond acceptors (Lipinski definition) is 4. The van der Waals surface area contributed by atoms with Gasteiger partial charge in [-0.05, 0) is 29.8 Å². The lowest BCUT2D eigenvalue weighted by Crippen LogP contribution is -2.45. The van der Waals surface area contributed by atoms with Gasteiger partial charge in [0.1, 0.15) is 0 Å². The van der Waals surface area contributed by atoms with E-state index in [4.69, 9.17) is 5.26 Å². The van der Waals surface area contributed by atoms with E-state index in [0.29, 0.717) is 0 Å². The molecule has 22 heavy (non-hydrogen) atoms. The van der Waals surface area contributed by atoms with E-state index in [0.717, 1.165) is 50.5 Å². The fourth-order valence-electron chi connectivity index (χ4n) is 2.82. The first-order valence-corrected chi connectivity index (χ1v) is 7.67. The van der Waals surface area contributed by atoms with E-state index in [1.807, 2.05) is 36.5 Å². The molecule has 3 rings (SSSR count). The van der Waals surface area contributed by atoms with Crippen molar-refractivity contribution < 1.29 is 0 Å². The predicted molar refractivity (Wildman–Crippen MR) is 85.9 cm³/mol. The summed E-state index contributed by atoms with van der Waals surface area (Å²) in [4.78, 5) is 9.29. The Labute approximate surface area is 131 Å². The van der Waals surface area contributed by atoms with Gasteiger partial charge in [-0.15, -0.1) is 0 Å². The van der Waals surface area contributed by atoms with Crippen LogP contribution in [0.1, 0.15) is 16.8 Å². The normalized spacial score (nSPS) is 16.3. The second-order valence-corrected chi connectivity index (χ2v) is 5.69. The highest BCUT2D eigenvalue weighted by atomic mass is 15.3. The highest BCUT2D eigenvalue weighted by Crippen LogP contribution is 2.11. The molecule has 1 aromatic carbocycles. The lowest BCUT2D eigenvalue weighted by molar-refractivity contribution is 0.121. The van der Waals surface area contributed by atoms with Crippen molar-refractivity contribution in [3.05, 3.63) is 65.5 Å². The first-order chi connectivity index (χ1) is 10.8. The molecule has 0 N–H and O–H groups in total. The summed E-state index contributed by atoms with van der Waals surface area (Å²) in [6.45, 7) is 6.10. The SMILES string of the molecule is N#Cc1cccc(CN2CCN(Cc3ccccn3)CC2)c1. The van der Waals surface area contributed by atoms with Crippen molar-refractivity contribution in [1.82, 2.24) is 14.8 Å². The molecule has 0 saturated carbocycles. The Balaban J connectivity index is 1.50. The summed E-state index contributed by atoms with van der Waals surface area (Å²) in [5, 5.41) is 8.97. The van der Waals surface area contributed by atoms with Crippen molar-refractivity contribution in [3.8, 4) is 6.07 Å². The Morgan fingerprint density at radius 1 is 0.955 bits per heavy atom. The zero-order valence-corrected chi connectivity index (χ0v) is 12.7. The number of rotatable bonds is 4. The van der Waals surface area contributed by atoms with Gasteiger partial charge in [-0.1, -0.05) is 18.2 Å². The summed E-state index contributed by atoms with van der Waals surface area (Å²) < 4.78 is 0. The van der Waals surface area contributed by atoms with Crippen LogP contribution in [0.5, 0.6) is 0 Å². The molecule has 0 aliphatic carbocycles. The smallest absolute Gasteiger partial charge is 0.0991 e. The van der Waals surface area contributed by atoms with Crippen LogP contribution in [-0.2, 0) is 13.1 Å². The summed E-state index contributed by atoms with van der Waals surface area (Å²) >= 11 is 0. The minimum Gasteiger partial charge on any atom is -0.297 e. The third-order valence-electron chi connectivity index (χ3n) is 4.04. The highest BCUT2D eigenvalue weighted by molar-refractivity contribution is 5.32. The number of nitriles is 1. The Hall–Kier alpha value is -2.22. The van der Waals surface area contributed by atoms with Crippen molar-refractivity contribution >= 4 is 0 Å². The maximum absolute atomic E-state index is 8.97. The molecule has 0 amide bonds. The molecule has 0 bridgehead atoms. The quantitative estimate of drug-likeness (QED) is 0.867. The summed E-state index contributed by atoms with van der Waals surface area (Å²) in [7, 11) is 0. The minimum absolute atomic E-state index is 0.742. The van der Waals surface area contributed by atoms with Crippen LogP contribution < -0.4 is 0 Å². The summed E-state index contributed by atoms with van der Waals surface area (Å²) in [5.41, 5.74) is 3.10. The zero-order chi connectivity index (χ0) is 15.2. The van der Waals surface area contributed by atoms with Crippen LogP contribution in [0.3, 0.4) is 0 Å². The fraction of sp³-hybridized carbons (Fsp3) is 0.333. The summed E-state index contributed by atoms with van der Waals surface area (Å²) in [6, 6.07) is 16.2. The molecule has 0 atom stereocenters. The number of hydrogen-bond donors (Lipinski definition) is 0. The molecule has 1 fully saturated rings. The lowest BCUT2D eigenvalue weighted by atomic mass is 10.1. The average Bonchev–Trinajstić information content (AvgIpc) is 2.58. The topological polar surface area (TPSA) is 43.2 Å². The Kier molecular flexibility index (Phi) is 4.79. The molecule has 0 radical (unpaired) electrons. The van der Waals surface area contributed by atoms with Gasteiger partial charge >= 0.3 is 0 Å². The zero-order valence-electron chi connectivity index (χ0n) is 12.7. The Bertz CT molecular complexity index is 640. The van der Waals surface area contributed by atoms with Gasteiger partial charge in [-0.2, -0.15) is 5.26 Å². The standard InChI is InChI=1S/C18H20N4/c19-13-16-4-3-5-17(12-16)14-21-8-10-22(11-9-21)15-18-6-1-2-7-20-18/h1-7,12H,8-11,14-15H2. The third-order valence-corrected chi connectivity index (χ3v) is 4.04. The van der Waals surface area contributed by atoms with Gasteiger partial charge in [0.25, 0.3) is 0 Å². The van der Waals surface area contributed by atoms with E-state index in [-0.39, 0.29) is 0 Å². The highest BCUT2D eigenvalue weighted by Gasteiger charge is 2.17. The van der Waals surface area contributed by atoms with Crippen LogP contribution in [-0.4, -0.2) is 41.0 Å². The predicted octanol–water partition coefficient (Wildman–Crippen LogP) is 2.27. The largest absolute Gasteiger partial charge is 0.297 e. The third kappa shape index (κ3) is 3.91. The van der Waals surface area contributed by atoms with Crippen LogP contribution >= 0.6 is 0 Å². The van der Waals surface area contributed by atoms with E-state index >= 15 is 0 Å². The molecular weight excluding hydrogens is 272 g/mol. The van der Waals surface area contributed by atoms with Gasteiger partial charge in [0.05, 0.1) is 17.3 Å². The molecule has 2 aromatic rings. The van der Waals surface area contributed by atoms with Crippen LogP contribution in [0.4, 0.5) is 0 Å². The molecule has 0 spiro atoms. The van der Waals surface area contributed by atoms with Gasteiger partial charge in [-0.3, -0.25) is 14.8 Å². The van der Waals surface area contributed by atoms with Crippen molar-refractivity contribution in [2.45, 2.75) is 13.1 Å². The van der Waals surface area contributed by atoms with Gasteiger partial charge < -0.3 is 0 Å². The van der Waals surface area contributed by atoms with Crippen molar-refractivity contribution in [3.63, 3.8) is 0 Å². The van der Waals surface area contributed by atoms with E-state index in [2.05, 4.69) is 33.0 Å². The van der Waals surface area contributed by atoms with Crippen LogP contribution in [0, 0.1) is 11.3 Å². The van der Waals surface area contributed by atoms with Crippen LogP contribution in [0.2, 0.25) is 0 Å². The molecule has 4 nitrogen and oxygen atoms in total. The fourth-order valence-corrected chi connectivity index (χ4v) is 2.82. The lowest BCUT2D eigenvalue weighted by Gasteiger charge is -2.34. The molecule has 1 aliphatic rings. The molecule has 4 heteroatoms. The van der Waals surface area contributed by atoms with E-state index in [1.165, 1.54) is 5.56 Å². The molecule has 112 valence electrons. The average molecular weight is 292 g/mol. The van der Waals surface area contributed by atoms with Crippen molar-refractivity contribution in [1.29, 1.82) is 5.26 Å². The molecule has 1 aliphatic heterocycles. The minimum atomic E-state index is 0.742. The van der Waals surface area contributed by atoms with Gasteiger partial charge in [0.2, 0.25) is 0 Å². The summed E-state index contributed by atoms with van der Waals surface area (Å²) in [5.74, 6) is 0. The van der Waals surface area contributed by atoms with E-state index < -0.39 is 0 Å². The molecule has 2 heterocycles. The molecule has 1 saturated heterocycles. The van der Waals surface area contributed by atoms with Gasteiger partial charge in [0.15, 0.2) is 0 Å². The molecular formula is C18H20N4. The Morgan fingerprint density at radius 2 is 1.73 bits per heavy atom. The first kappa shape index (κ1) is 14.7. The van der Waals surface area contributed by atoms with Gasteiger partial charge in [-0.25, -0.2) is 0 Å². The molecule has 0 unspecified atom stereocenters. The second kappa shape index (κ2) is 7.17. The maximum atomic E-state index is 8.97. The number of nitrogens with zero attached hydrogens (tertiary/aromatic N) is 4. The van der Waals surface area contributed by atoms with Gasteiger partial charge in [0, 0.05) is 45.5 Å². The first-order valence-electron chi connectivity index (χ1n) is 7.67. The second-order valence-electron chi connectivity index (χ2n) is 5.69. The summed E-state index contributed by atoms with van der Waals surface area (Å²) in [6.07, 6.45) is 1.85. The van der Waals surface area contributed by atoms with Crippen molar-refractivity contribution in [2.24, 2.45) is 0 Å². The van der Waals surface area contributed by atoms with E-state index in [1.54, 1.807) is 0 Å². The number of benzene rings is 1. The molecule has 1 aromatic heterocycles. The van der Waals surface area contributed by atoms with Crippen LogP contribution in [0.25, 0.3) is 0 Å². The van der Waals surface area contributed by atoms with Crippen LogP contribution in [0.15, 0.2) is 48.7 Å². The number of piperazine rings is 1.